The van der Waals surface area contributed by atoms with E-state index < -0.39 is 0 Å². The maximum Gasteiger partial charge on any atom is 0.164 e. The average molecular weight is 866 g/mol. The Labute approximate surface area is 314 Å². The minimum Gasteiger partial charge on any atom is -0.512 e. The van der Waals surface area contributed by atoms with Gasteiger partial charge in [0.05, 0.1) is 4.70 Å². The van der Waals surface area contributed by atoms with Gasteiger partial charge in [-0.15, -0.1) is 40.5 Å². The first-order valence-electron chi connectivity index (χ1n) is 17.4. The van der Waals surface area contributed by atoms with Crippen LogP contribution in [0.15, 0.2) is 88.6 Å². The maximum absolute atomic E-state index is 12.2. The zero-order valence-electron chi connectivity index (χ0n) is 30.7. The Morgan fingerprint density at radius 3 is 2.14 bits per heavy atom. The third-order valence-corrected chi connectivity index (χ3v) is 11.4. The zero-order valence-corrected chi connectivity index (χ0v) is 33.9. The molecular weight excluding hydrogens is 817 g/mol. The number of fused-ring (bicyclic) bond motifs is 3. The van der Waals surface area contributed by atoms with Crippen LogP contribution in [0.4, 0.5) is 0 Å². The number of carbonyl (C=O) groups excluding carboxylic acids is 1. The van der Waals surface area contributed by atoms with Crippen LogP contribution in [0.5, 0.6) is 0 Å². The van der Waals surface area contributed by atoms with E-state index in [1.807, 2.05) is 66.1 Å². The number of hydrogen-bond acceptors (Lipinski definition) is 6. The Morgan fingerprint density at radius 2 is 1.48 bits per heavy atom. The summed E-state index contributed by atoms with van der Waals surface area (Å²) in [6, 6.07) is 22.4. The molecule has 6 rings (SSSR count). The summed E-state index contributed by atoms with van der Waals surface area (Å²) in [5.74, 6) is 1.05. The number of nitrogens with zero attached hydrogens (tertiary/aromatic N) is 2. The number of ketones is 1. The number of thiophene rings is 1. The number of aliphatic hydroxyl groups excluding tert-OH is 1. The molecule has 50 heavy (non-hydrogen) atoms. The van der Waals surface area contributed by atoms with Gasteiger partial charge in [0.2, 0.25) is 0 Å². The van der Waals surface area contributed by atoms with Gasteiger partial charge < -0.3 is 9.52 Å². The SMILES string of the molecule is CC(C)(C)c1cc(-c2nccc3oc(-c4nccc5ccsc45)cc23)[c-]c2ccccc12.CCC(C)(CC)C(=O)/C=C(\O)C(C)(CC)CC.[Ir]. The molecule has 5 nitrogen and oxygen atoms in total. The minimum atomic E-state index is -0.337. The third-order valence-electron chi connectivity index (χ3n) is 10.5. The fourth-order valence-electron chi connectivity index (χ4n) is 6.03. The zero-order chi connectivity index (χ0) is 35.6. The van der Waals surface area contributed by atoms with Crippen molar-refractivity contribution >= 4 is 48.9 Å². The molecule has 0 saturated carbocycles. The second-order valence-electron chi connectivity index (χ2n) is 14.5. The Hall–Kier alpha value is -3.64. The minimum absolute atomic E-state index is 0. The Morgan fingerprint density at radius 1 is 0.840 bits per heavy atom. The van der Waals surface area contributed by atoms with E-state index in [0.29, 0.717) is 0 Å². The molecule has 0 bridgehead atoms. The number of hydrogen-bond donors (Lipinski definition) is 1. The van der Waals surface area contributed by atoms with Gasteiger partial charge in [0.15, 0.2) is 11.5 Å². The van der Waals surface area contributed by atoms with Gasteiger partial charge in [-0.3, -0.25) is 14.8 Å². The maximum atomic E-state index is 12.2. The van der Waals surface area contributed by atoms with Gasteiger partial charge in [0.25, 0.3) is 0 Å². The summed E-state index contributed by atoms with van der Waals surface area (Å²) >= 11 is 1.68. The second-order valence-corrected chi connectivity index (χ2v) is 15.4. The average Bonchev–Trinajstić information content (AvgIpc) is 3.78. The van der Waals surface area contributed by atoms with E-state index in [4.69, 9.17) is 9.40 Å². The first-order chi connectivity index (χ1) is 23.3. The topological polar surface area (TPSA) is 76.2 Å². The van der Waals surface area contributed by atoms with Crippen LogP contribution in [0.3, 0.4) is 0 Å². The van der Waals surface area contributed by atoms with Crippen molar-refractivity contribution in [1.29, 1.82) is 0 Å². The summed E-state index contributed by atoms with van der Waals surface area (Å²) < 4.78 is 7.40. The predicted molar refractivity (Wildman–Crippen MR) is 206 cm³/mol. The van der Waals surface area contributed by atoms with Crippen LogP contribution in [0, 0.1) is 16.9 Å². The normalized spacial score (nSPS) is 12.5. The van der Waals surface area contributed by atoms with E-state index in [-0.39, 0.29) is 47.9 Å². The molecule has 0 saturated heterocycles. The van der Waals surface area contributed by atoms with Crippen molar-refractivity contribution in [3.8, 4) is 22.7 Å². The summed E-state index contributed by atoms with van der Waals surface area (Å²) in [6.45, 7) is 18.8. The first kappa shape index (κ1) is 39.2. The summed E-state index contributed by atoms with van der Waals surface area (Å²) in [5.41, 5.74) is 4.22. The Bertz CT molecular complexity index is 2130. The standard InChI is InChI=1S/C28H21N2OS.C15H28O2.Ir/c1-28(2,3)22-15-19(14-18-6-4-5-7-20(18)22)25-21-16-24(31-23(21)9-12-29-25)26-27-17(8-11-30-26)10-13-32-27;1-7-14(5,8-2)12(16)11-13(17)15(6,9-3)10-4;/h4-13,15-16H,1-3H3;11,16H,7-10H2,1-6H3;/q-1;;/b;12-11-;. The van der Waals surface area contributed by atoms with Gasteiger partial charge in [-0.1, -0.05) is 91.5 Å². The summed E-state index contributed by atoms with van der Waals surface area (Å²) in [6.07, 6.45) is 8.40. The van der Waals surface area contributed by atoms with E-state index >= 15 is 0 Å². The fraction of sp³-hybridized carbons (Fsp3) is 0.372. The number of carbonyl (C=O) groups is 1. The fourth-order valence-corrected chi connectivity index (χ4v) is 6.91. The van der Waals surface area contributed by atoms with Crippen LogP contribution in [0.2, 0.25) is 0 Å². The number of benzene rings is 2. The number of allylic oxidation sites excluding steroid dienone is 2. The molecule has 0 spiro atoms. The van der Waals surface area contributed by atoms with E-state index in [9.17, 15) is 9.90 Å². The Balaban J connectivity index is 0.000000269. The summed E-state index contributed by atoms with van der Waals surface area (Å²) in [5, 5.41) is 16.7. The number of pyridine rings is 2. The van der Waals surface area contributed by atoms with E-state index in [1.54, 1.807) is 11.3 Å². The van der Waals surface area contributed by atoms with Crippen molar-refractivity contribution in [1.82, 2.24) is 9.97 Å². The van der Waals surface area contributed by atoms with Crippen molar-refractivity contribution in [2.24, 2.45) is 10.8 Å². The third kappa shape index (κ3) is 7.81. The van der Waals surface area contributed by atoms with Crippen molar-refractivity contribution < 1.29 is 34.4 Å². The van der Waals surface area contributed by atoms with Crippen LogP contribution in [0.1, 0.15) is 93.6 Å². The second kappa shape index (κ2) is 15.7. The van der Waals surface area contributed by atoms with Crippen molar-refractivity contribution in [2.45, 2.75) is 93.4 Å². The van der Waals surface area contributed by atoms with Crippen LogP contribution < -0.4 is 0 Å². The summed E-state index contributed by atoms with van der Waals surface area (Å²) in [7, 11) is 0. The smallest absolute Gasteiger partial charge is 0.164 e. The first-order valence-corrected chi connectivity index (χ1v) is 18.3. The molecule has 1 radical (unpaired) electrons. The number of aromatic nitrogens is 2. The van der Waals surface area contributed by atoms with Crippen LogP contribution in [-0.4, -0.2) is 20.9 Å². The van der Waals surface area contributed by atoms with E-state index in [2.05, 4.69) is 79.7 Å². The monoisotopic (exact) mass is 866 g/mol. The molecule has 4 heterocycles. The van der Waals surface area contributed by atoms with Gasteiger partial charge in [0, 0.05) is 60.5 Å². The van der Waals surface area contributed by atoms with Crippen molar-refractivity contribution in [3.05, 3.63) is 95.8 Å². The molecule has 1 N–H and O–H groups in total. The molecule has 0 aliphatic rings. The molecule has 4 aromatic heterocycles. The predicted octanol–water partition coefficient (Wildman–Crippen LogP) is 12.7. The van der Waals surface area contributed by atoms with Crippen LogP contribution in [-0.2, 0) is 30.3 Å². The number of furan rings is 1. The quantitative estimate of drug-likeness (QED) is 0.0890. The molecule has 0 amide bonds. The van der Waals surface area contributed by atoms with Gasteiger partial charge in [-0.05, 0) is 66.1 Å². The molecule has 0 aliphatic carbocycles. The largest absolute Gasteiger partial charge is 0.512 e. The van der Waals surface area contributed by atoms with Gasteiger partial charge in [-0.25, -0.2) is 0 Å². The Kier molecular flexibility index (Phi) is 12.3. The molecule has 265 valence electrons. The molecule has 0 unspecified atom stereocenters. The van der Waals surface area contributed by atoms with Crippen molar-refractivity contribution in [3.63, 3.8) is 0 Å². The van der Waals surface area contributed by atoms with E-state index in [0.717, 1.165) is 69.5 Å². The molecule has 6 aromatic rings. The van der Waals surface area contributed by atoms with Crippen LogP contribution >= 0.6 is 11.3 Å². The molecule has 0 fully saturated rings. The van der Waals surface area contributed by atoms with E-state index in [1.165, 1.54) is 22.4 Å². The van der Waals surface area contributed by atoms with Gasteiger partial charge in [-0.2, -0.15) is 0 Å². The molecule has 0 atom stereocenters. The molecule has 2 aromatic carbocycles. The molecule has 7 heteroatoms. The summed E-state index contributed by atoms with van der Waals surface area (Å²) in [4.78, 5) is 21.6. The number of aliphatic hydroxyl groups is 1. The van der Waals surface area contributed by atoms with Crippen LogP contribution in [0.25, 0.3) is 54.5 Å². The van der Waals surface area contributed by atoms with Crippen molar-refractivity contribution in [2.75, 3.05) is 0 Å². The van der Waals surface area contributed by atoms with Gasteiger partial charge in [0.1, 0.15) is 17.0 Å². The number of rotatable bonds is 9. The molecule has 0 aliphatic heterocycles. The molecular formula is C43H49IrN2O3S-. The van der Waals surface area contributed by atoms with Gasteiger partial charge >= 0.3 is 0 Å².